The molecule has 3 nitrogen and oxygen atoms in total. The highest BCUT2D eigenvalue weighted by atomic mass is 16.2. The van der Waals surface area contributed by atoms with Crippen LogP contribution in [0.4, 0.5) is 0 Å². The van der Waals surface area contributed by atoms with Crippen molar-refractivity contribution in [2.75, 3.05) is 13.1 Å². The van der Waals surface area contributed by atoms with Gasteiger partial charge in [-0.1, -0.05) is 33.1 Å². The van der Waals surface area contributed by atoms with Gasteiger partial charge >= 0.3 is 0 Å². The van der Waals surface area contributed by atoms with E-state index in [0.717, 1.165) is 31.3 Å². The average molecular weight is 252 g/mol. The summed E-state index contributed by atoms with van der Waals surface area (Å²) in [5, 5.41) is 6.53. The summed E-state index contributed by atoms with van der Waals surface area (Å²) in [6.07, 6.45) is 7.39. The van der Waals surface area contributed by atoms with Gasteiger partial charge in [0.1, 0.15) is 0 Å². The van der Waals surface area contributed by atoms with Crippen molar-refractivity contribution >= 4 is 5.91 Å². The zero-order chi connectivity index (χ0) is 13.0. The highest BCUT2D eigenvalue weighted by molar-refractivity contribution is 5.81. The number of nitrogens with one attached hydrogen (secondary N) is 2. The number of carbonyl (C=O) groups excluding carboxylic acids is 1. The van der Waals surface area contributed by atoms with Crippen molar-refractivity contribution in [1.82, 2.24) is 10.6 Å². The average Bonchev–Trinajstić information content (AvgIpc) is 2.81. The molecule has 0 radical (unpaired) electrons. The van der Waals surface area contributed by atoms with Gasteiger partial charge in [-0.15, -0.1) is 0 Å². The zero-order valence-corrected chi connectivity index (χ0v) is 11.9. The monoisotopic (exact) mass is 252 g/mol. The molecule has 1 saturated carbocycles. The highest BCUT2D eigenvalue weighted by Crippen LogP contribution is 2.30. The van der Waals surface area contributed by atoms with Gasteiger partial charge in [0.15, 0.2) is 0 Å². The van der Waals surface area contributed by atoms with Crippen LogP contribution in [0.5, 0.6) is 0 Å². The molecule has 0 bridgehead atoms. The second-order valence-corrected chi connectivity index (χ2v) is 6.22. The predicted molar refractivity (Wildman–Crippen MR) is 74.3 cm³/mol. The Balaban J connectivity index is 1.73. The van der Waals surface area contributed by atoms with Crippen LogP contribution in [0.1, 0.15) is 52.4 Å². The Hall–Kier alpha value is -0.570. The van der Waals surface area contributed by atoms with E-state index in [1.165, 1.54) is 32.1 Å². The predicted octanol–water partition coefficient (Wildman–Crippen LogP) is 2.32. The van der Waals surface area contributed by atoms with Gasteiger partial charge in [0, 0.05) is 6.54 Å². The SMILES string of the molecule is CCC1CCNC(C(=O)NCC2CCCC2C)C1. The van der Waals surface area contributed by atoms with E-state index in [2.05, 4.69) is 24.5 Å². The van der Waals surface area contributed by atoms with E-state index in [1.807, 2.05) is 0 Å². The fourth-order valence-electron chi connectivity index (χ4n) is 3.45. The lowest BCUT2D eigenvalue weighted by molar-refractivity contribution is -0.124. The molecule has 18 heavy (non-hydrogen) atoms. The Morgan fingerprint density at radius 1 is 1.33 bits per heavy atom. The number of hydrogen-bond donors (Lipinski definition) is 2. The number of amides is 1. The van der Waals surface area contributed by atoms with Gasteiger partial charge in [0.05, 0.1) is 6.04 Å². The van der Waals surface area contributed by atoms with Crippen LogP contribution in [-0.2, 0) is 4.79 Å². The van der Waals surface area contributed by atoms with Gasteiger partial charge in [-0.05, 0) is 43.6 Å². The van der Waals surface area contributed by atoms with Gasteiger partial charge in [-0.3, -0.25) is 4.79 Å². The summed E-state index contributed by atoms with van der Waals surface area (Å²) in [5.41, 5.74) is 0. The molecule has 0 spiro atoms. The van der Waals surface area contributed by atoms with Crippen molar-refractivity contribution in [3.63, 3.8) is 0 Å². The van der Waals surface area contributed by atoms with Gasteiger partial charge in [0.25, 0.3) is 0 Å². The molecule has 2 rings (SSSR count). The third kappa shape index (κ3) is 3.47. The summed E-state index contributed by atoms with van der Waals surface area (Å²) in [5.74, 6) is 2.45. The summed E-state index contributed by atoms with van der Waals surface area (Å²) in [6, 6.07) is 0.0559. The van der Waals surface area contributed by atoms with E-state index in [0.29, 0.717) is 5.92 Å². The molecule has 2 aliphatic rings. The number of piperidine rings is 1. The molecule has 3 heteroatoms. The molecule has 0 aromatic rings. The molecule has 0 aromatic heterocycles. The van der Waals surface area contributed by atoms with E-state index in [9.17, 15) is 4.79 Å². The molecule has 1 aliphatic heterocycles. The third-order valence-corrected chi connectivity index (χ3v) is 4.98. The molecule has 0 aromatic carbocycles. The van der Waals surface area contributed by atoms with Crippen molar-refractivity contribution in [3.05, 3.63) is 0 Å². The van der Waals surface area contributed by atoms with E-state index in [4.69, 9.17) is 0 Å². The molecule has 1 aliphatic carbocycles. The lowest BCUT2D eigenvalue weighted by atomic mass is 9.90. The van der Waals surface area contributed by atoms with Gasteiger partial charge in [0.2, 0.25) is 5.91 Å². The van der Waals surface area contributed by atoms with Crippen LogP contribution in [0.3, 0.4) is 0 Å². The molecule has 4 unspecified atom stereocenters. The summed E-state index contributed by atoms with van der Waals surface area (Å²) in [7, 11) is 0. The summed E-state index contributed by atoms with van der Waals surface area (Å²) in [4.78, 5) is 12.1. The molecule has 2 fully saturated rings. The van der Waals surface area contributed by atoms with Crippen molar-refractivity contribution in [1.29, 1.82) is 0 Å². The van der Waals surface area contributed by atoms with Crippen LogP contribution in [-0.4, -0.2) is 25.0 Å². The van der Waals surface area contributed by atoms with Crippen LogP contribution in [0.2, 0.25) is 0 Å². The highest BCUT2D eigenvalue weighted by Gasteiger charge is 2.28. The lowest BCUT2D eigenvalue weighted by Gasteiger charge is -2.29. The van der Waals surface area contributed by atoms with Crippen LogP contribution in [0.15, 0.2) is 0 Å². The molecule has 1 heterocycles. The van der Waals surface area contributed by atoms with Crippen LogP contribution in [0.25, 0.3) is 0 Å². The Kier molecular flexibility index (Phi) is 5.04. The second-order valence-electron chi connectivity index (χ2n) is 6.22. The Labute approximate surface area is 111 Å². The number of carbonyl (C=O) groups is 1. The quantitative estimate of drug-likeness (QED) is 0.806. The molecule has 1 amide bonds. The molecule has 2 N–H and O–H groups in total. The Morgan fingerprint density at radius 3 is 2.83 bits per heavy atom. The second kappa shape index (κ2) is 6.55. The van der Waals surface area contributed by atoms with Gasteiger partial charge < -0.3 is 10.6 Å². The zero-order valence-electron chi connectivity index (χ0n) is 11.9. The molecule has 1 saturated heterocycles. The fourth-order valence-corrected chi connectivity index (χ4v) is 3.45. The largest absolute Gasteiger partial charge is 0.354 e. The smallest absolute Gasteiger partial charge is 0.237 e. The van der Waals surface area contributed by atoms with Gasteiger partial charge in [-0.2, -0.15) is 0 Å². The van der Waals surface area contributed by atoms with Crippen molar-refractivity contribution in [2.24, 2.45) is 17.8 Å². The standard InChI is InChI=1S/C15H28N2O/c1-3-12-7-8-16-14(9-12)15(18)17-10-13-6-4-5-11(13)2/h11-14,16H,3-10H2,1-2H3,(H,17,18). The minimum atomic E-state index is 0.0559. The van der Waals surface area contributed by atoms with Crippen LogP contribution < -0.4 is 10.6 Å². The van der Waals surface area contributed by atoms with Crippen LogP contribution >= 0.6 is 0 Å². The first-order chi connectivity index (χ1) is 8.70. The maximum Gasteiger partial charge on any atom is 0.237 e. The van der Waals surface area contributed by atoms with E-state index >= 15 is 0 Å². The first kappa shape index (κ1) is 13.9. The lowest BCUT2D eigenvalue weighted by Crippen LogP contribution is -2.49. The molecular weight excluding hydrogens is 224 g/mol. The Bertz CT molecular complexity index is 280. The topological polar surface area (TPSA) is 41.1 Å². The van der Waals surface area contributed by atoms with E-state index < -0.39 is 0 Å². The first-order valence-electron chi connectivity index (χ1n) is 7.71. The molecule has 104 valence electrons. The normalized spacial score (nSPS) is 36.6. The third-order valence-electron chi connectivity index (χ3n) is 4.98. The summed E-state index contributed by atoms with van der Waals surface area (Å²) in [6.45, 7) is 6.42. The minimum absolute atomic E-state index is 0.0559. The Morgan fingerprint density at radius 2 is 2.17 bits per heavy atom. The summed E-state index contributed by atoms with van der Waals surface area (Å²) < 4.78 is 0. The first-order valence-corrected chi connectivity index (χ1v) is 7.71. The molecule has 4 atom stereocenters. The summed E-state index contributed by atoms with van der Waals surface area (Å²) >= 11 is 0. The van der Waals surface area contributed by atoms with Crippen LogP contribution in [0, 0.1) is 17.8 Å². The van der Waals surface area contributed by atoms with Crippen molar-refractivity contribution < 1.29 is 4.79 Å². The minimum Gasteiger partial charge on any atom is -0.354 e. The van der Waals surface area contributed by atoms with E-state index in [-0.39, 0.29) is 11.9 Å². The maximum atomic E-state index is 12.1. The molecular formula is C15H28N2O. The van der Waals surface area contributed by atoms with Gasteiger partial charge in [-0.25, -0.2) is 0 Å². The number of rotatable bonds is 4. The van der Waals surface area contributed by atoms with E-state index in [1.54, 1.807) is 0 Å². The maximum absolute atomic E-state index is 12.1. The fraction of sp³-hybridized carbons (Fsp3) is 0.933. The number of hydrogen-bond acceptors (Lipinski definition) is 2. The van der Waals surface area contributed by atoms with Crippen molar-refractivity contribution in [2.45, 2.75) is 58.4 Å². The van der Waals surface area contributed by atoms with Crippen molar-refractivity contribution in [3.8, 4) is 0 Å².